The number of nitrogens with one attached hydrogen (secondary N) is 2. The van der Waals surface area contributed by atoms with Crippen molar-refractivity contribution in [1.29, 1.82) is 0 Å². The number of nitrogens with two attached hydrogens (primary N) is 1. The fourth-order valence-corrected chi connectivity index (χ4v) is 1.59. The van der Waals surface area contributed by atoms with Crippen LogP contribution in [0.2, 0.25) is 0 Å². The van der Waals surface area contributed by atoms with E-state index in [-0.39, 0.29) is 5.91 Å². The van der Waals surface area contributed by atoms with E-state index in [1.807, 2.05) is 14.1 Å². The van der Waals surface area contributed by atoms with Gasteiger partial charge in [-0.25, -0.2) is 5.84 Å². The Morgan fingerprint density at radius 1 is 1.59 bits per heavy atom. The van der Waals surface area contributed by atoms with Gasteiger partial charge in [0.25, 0.3) is 5.91 Å². The summed E-state index contributed by atoms with van der Waals surface area (Å²) in [6.45, 7) is 2.50. The van der Waals surface area contributed by atoms with Crippen LogP contribution in [0.25, 0.3) is 0 Å². The number of hydrogen-bond acceptors (Lipinski definition) is 5. The SMILES string of the molecule is CNCCCN(C)Cc1occc1C(=O)NN. The number of furan rings is 1. The van der Waals surface area contributed by atoms with E-state index in [1.54, 1.807) is 6.07 Å². The quantitative estimate of drug-likeness (QED) is 0.269. The molecule has 0 radical (unpaired) electrons. The van der Waals surface area contributed by atoms with Crippen LogP contribution in [0.15, 0.2) is 16.7 Å². The van der Waals surface area contributed by atoms with Crippen molar-refractivity contribution in [2.45, 2.75) is 13.0 Å². The van der Waals surface area contributed by atoms with Crippen LogP contribution in [-0.2, 0) is 6.54 Å². The Morgan fingerprint density at radius 3 is 3.00 bits per heavy atom. The highest BCUT2D eigenvalue weighted by atomic mass is 16.3. The summed E-state index contributed by atoms with van der Waals surface area (Å²) in [6.07, 6.45) is 2.55. The average Bonchev–Trinajstić information content (AvgIpc) is 2.76. The van der Waals surface area contributed by atoms with Crippen molar-refractivity contribution in [2.24, 2.45) is 5.84 Å². The summed E-state index contributed by atoms with van der Waals surface area (Å²) in [6, 6.07) is 1.62. The second-order valence-electron chi connectivity index (χ2n) is 3.93. The Labute approximate surface area is 101 Å². The van der Waals surface area contributed by atoms with E-state index in [2.05, 4.69) is 15.6 Å². The summed E-state index contributed by atoms with van der Waals surface area (Å²) in [5.74, 6) is 5.42. The zero-order valence-electron chi connectivity index (χ0n) is 10.3. The monoisotopic (exact) mass is 240 g/mol. The van der Waals surface area contributed by atoms with Gasteiger partial charge in [0.05, 0.1) is 18.4 Å². The van der Waals surface area contributed by atoms with Crippen molar-refractivity contribution in [2.75, 3.05) is 27.2 Å². The number of carbonyl (C=O) groups excluding carboxylic acids is 1. The Kier molecular flexibility index (Phi) is 5.68. The highest BCUT2D eigenvalue weighted by Crippen LogP contribution is 2.12. The standard InChI is InChI=1S/C11H20N4O2/c1-13-5-3-6-15(2)8-10-9(4-7-17-10)11(16)14-12/h4,7,13H,3,5-6,8,12H2,1-2H3,(H,14,16). The summed E-state index contributed by atoms with van der Waals surface area (Å²) < 4.78 is 5.29. The molecule has 0 fully saturated rings. The molecule has 0 aliphatic rings. The van der Waals surface area contributed by atoms with Crippen LogP contribution < -0.4 is 16.6 Å². The third-order valence-electron chi connectivity index (χ3n) is 2.50. The minimum Gasteiger partial charge on any atom is -0.467 e. The van der Waals surface area contributed by atoms with Gasteiger partial charge in [0.15, 0.2) is 0 Å². The van der Waals surface area contributed by atoms with Crippen molar-refractivity contribution in [3.63, 3.8) is 0 Å². The van der Waals surface area contributed by atoms with Crippen molar-refractivity contribution >= 4 is 5.91 Å². The zero-order valence-corrected chi connectivity index (χ0v) is 10.3. The highest BCUT2D eigenvalue weighted by Gasteiger charge is 2.14. The summed E-state index contributed by atoms with van der Waals surface area (Å²) in [7, 11) is 3.92. The molecule has 0 aliphatic heterocycles. The number of rotatable bonds is 7. The zero-order chi connectivity index (χ0) is 12.7. The molecule has 0 aromatic carbocycles. The van der Waals surface area contributed by atoms with Crippen LogP contribution in [-0.4, -0.2) is 38.0 Å². The lowest BCUT2D eigenvalue weighted by molar-refractivity contribution is 0.0950. The Morgan fingerprint density at radius 2 is 2.35 bits per heavy atom. The topological polar surface area (TPSA) is 83.5 Å². The van der Waals surface area contributed by atoms with E-state index >= 15 is 0 Å². The van der Waals surface area contributed by atoms with Crippen LogP contribution in [0, 0.1) is 0 Å². The summed E-state index contributed by atoms with van der Waals surface area (Å²) >= 11 is 0. The summed E-state index contributed by atoms with van der Waals surface area (Å²) in [5, 5.41) is 3.09. The van der Waals surface area contributed by atoms with Gasteiger partial charge in [0, 0.05) is 0 Å². The fourth-order valence-electron chi connectivity index (χ4n) is 1.59. The van der Waals surface area contributed by atoms with Gasteiger partial charge in [-0.05, 0) is 39.7 Å². The van der Waals surface area contributed by atoms with Crippen LogP contribution >= 0.6 is 0 Å². The van der Waals surface area contributed by atoms with Gasteiger partial charge >= 0.3 is 0 Å². The third kappa shape index (κ3) is 4.18. The second-order valence-corrected chi connectivity index (χ2v) is 3.93. The first-order valence-corrected chi connectivity index (χ1v) is 5.59. The van der Waals surface area contributed by atoms with Gasteiger partial charge < -0.3 is 9.73 Å². The molecule has 4 N–H and O–H groups in total. The van der Waals surface area contributed by atoms with Crippen LogP contribution in [0.1, 0.15) is 22.5 Å². The molecule has 1 amide bonds. The Bertz CT molecular complexity index is 351. The van der Waals surface area contributed by atoms with Gasteiger partial charge in [-0.1, -0.05) is 0 Å². The number of hydrazine groups is 1. The smallest absolute Gasteiger partial charge is 0.268 e. The number of nitrogens with zero attached hydrogens (tertiary/aromatic N) is 1. The van der Waals surface area contributed by atoms with Crippen molar-refractivity contribution in [1.82, 2.24) is 15.6 Å². The molecule has 6 heteroatoms. The first kappa shape index (κ1) is 13.7. The molecular weight excluding hydrogens is 220 g/mol. The molecule has 1 heterocycles. The van der Waals surface area contributed by atoms with Crippen LogP contribution in [0.5, 0.6) is 0 Å². The predicted octanol–water partition coefficient (Wildman–Crippen LogP) is -0.0756. The molecule has 6 nitrogen and oxygen atoms in total. The van der Waals surface area contributed by atoms with E-state index in [1.165, 1.54) is 6.26 Å². The number of amides is 1. The first-order chi connectivity index (χ1) is 8.19. The summed E-state index contributed by atoms with van der Waals surface area (Å²) in [5.41, 5.74) is 2.60. The maximum atomic E-state index is 11.4. The minimum absolute atomic E-state index is 0.322. The highest BCUT2D eigenvalue weighted by molar-refractivity contribution is 5.94. The van der Waals surface area contributed by atoms with Crippen molar-refractivity contribution in [3.8, 4) is 0 Å². The lowest BCUT2D eigenvalue weighted by atomic mass is 10.2. The van der Waals surface area contributed by atoms with Crippen LogP contribution in [0.3, 0.4) is 0 Å². The van der Waals surface area contributed by atoms with E-state index < -0.39 is 0 Å². The molecule has 1 aromatic rings. The van der Waals surface area contributed by atoms with E-state index in [9.17, 15) is 4.79 Å². The normalized spacial score (nSPS) is 10.8. The molecule has 0 atom stereocenters. The number of nitrogen functional groups attached to an aromatic ring is 1. The maximum Gasteiger partial charge on any atom is 0.268 e. The molecule has 0 saturated carbocycles. The van der Waals surface area contributed by atoms with Gasteiger partial charge in [0.1, 0.15) is 5.76 Å². The van der Waals surface area contributed by atoms with Gasteiger partial charge in [-0.3, -0.25) is 15.1 Å². The molecule has 1 rings (SSSR count). The van der Waals surface area contributed by atoms with E-state index in [0.29, 0.717) is 17.9 Å². The largest absolute Gasteiger partial charge is 0.467 e. The summed E-state index contributed by atoms with van der Waals surface area (Å²) in [4.78, 5) is 13.5. The lowest BCUT2D eigenvalue weighted by Crippen LogP contribution is -2.31. The molecule has 0 aliphatic carbocycles. The third-order valence-corrected chi connectivity index (χ3v) is 2.50. The van der Waals surface area contributed by atoms with Crippen molar-refractivity contribution < 1.29 is 9.21 Å². The van der Waals surface area contributed by atoms with E-state index in [0.717, 1.165) is 19.5 Å². The molecule has 0 unspecified atom stereocenters. The average molecular weight is 240 g/mol. The predicted molar refractivity (Wildman–Crippen MR) is 65.2 cm³/mol. The van der Waals surface area contributed by atoms with Crippen molar-refractivity contribution in [3.05, 3.63) is 23.7 Å². The molecule has 17 heavy (non-hydrogen) atoms. The molecule has 0 spiro atoms. The maximum absolute atomic E-state index is 11.4. The van der Waals surface area contributed by atoms with E-state index in [4.69, 9.17) is 10.3 Å². The fraction of sp³-hybridized carbons (Fsp3) is 0.545. The molecule has 0 saturated heterocycles. The van der Waals surface area contributed by atoms with Crippen LogP contribution in [0.4, 0.5) is 0 Å². The lowest BCUT2D eigenvalue weighted by Gasteiger charge is -2.15. The van der Waals surface area contributed by atoms with Gasteiger partial charge in [0.2, 0.25) is 0 Å². The minimum atomic E-state index is -0.322. The molecule has 0 bridgehead atoms. The Hall–Kier alpha value is -1.37. The number of carbonyl (C=O) groups is 1. The van der Waals surface area contributed by atoms with Gasteiger partial charge in [-0.2, -0.15) is 0 Å². The first-order valence-electron chi connectivity index (χ1n) is 5.59. The van der Waals surface area contributed by atoms with Gasteiger partial charge in [-0.15, -0.1) is 0 Å². The Balaban J connectivity index is 2.50. The molecule has 1 aromatic heterocycles. The second kappa shape index (κ2) is 7.05. The molecular formula is C11H20N4O2. The molecule has 96 valence electrons. The number of hydrogen-bond donors (Lipinski definition) is 3.